The highest BCUT2D eigenvalue weighted by Gasteiger charge is 2.20. The van der Waals surface area contributed by atoms with Gasteiger partial charge >= 0.3 is 0 Å². The smallest absolute Gasteiger partial charge is 0.136 e. The van der Waals surface area contributed by atoms with Crippen molar-refractivity contribution < 1.29 is 4.42 Å². The first-order chi connectivity index (χ1) is 24.3. The van der Waals surface area contributed by atoms with Crippen LogP contribution < -0.4 is 0 Å². The Morgan fingerprint density at radius 3 is 1.47 bits per heavy atom. The van der Waals surface area contributed by atoms with Crippen LogP contribution in [0.1, 0.15) is 0 Å². The largest absolute Gasteiger partial charge is 0.456 e. The number of furan rings is 1. The Labute approximate surface area is 284 Å². The lowest BCUT2D eigenvalue weighted by atomic mass is 9.83. The van der Waals surface area contributed by atoms with E-state index in [9.17, 15) is 0 Å². The normalized spacial score (nSPS) is 11.7. The van der Waals surface area contributed by atoms with Crippen LogP contribution >= 0.6 is 0 Å². The molecular weight excluding hydrogens is 593 g/mol. The molecule has 0 N–H and O–H groups in total. The van der Waals surface area contributed by atoms with Gasteiger partial charge in [0.25, 0.3) is 0 Å². The molecule has 0 atom stereocenters. The lowest BCUT2D eigenvalue weighted by Crippen LogP contribution is -1.93. The molecular formula is C48H30O. The molecule has 10 aromatic rings. The molecule has 0 aliphatic rings. The molecule has 0 spiro atoms. The van der Waals surface area contributed by atoms with Gasteiger partial charge in [0.2, 0.25) is 0 Å². The lowest BCUT2D eigenvalue weighted by molar-refractivity contribution is 0.669. The first-order valence-corrected chi connectivity index (χ1v) is 16.9. The molecule has 10 rings (SSSR count). The molecule has 0 radical (unpaired) electrons. The summed E-state index contributed by atoms with van der Waals surface area (Å²) in [6.45, 7) is 0. The lowest BCUT2D eigenvalue weighted by Gasteiger charge is -2.20. The fourth-order valence-electron chi connectivity index (χ4n) is 7.96. The van der Waals surface area contributed by atoms with E-state index in [1.807, 2.05) is 12.1 Å². The molecule has 0 fully saturated rings. The van der Waals surface area contributed by atoms with Crippen LogP contribution in [0.15, 0.2) is 186 Å². The predicted molar refractivity (Wildman–Crippen MR) is 208 cm³/mol. The summed E-state index contributed by atoms with van der Waals surface area (Å²) in [6.07, 6.45) is 0. The SMILES string of the molecule is c1ccc(-c2c3ccccc3c(-c3ccc(-c4cccc5oc6ccccc6c45)cc3)c3ccccc23)c(-c2cccc3ccccc23)c1. The van der Waals surface area contributed by atoms with E-state index < -0.39 is 0 Å². The van der Waals surface area contributed by atoms with Crippen LogP contribution in [0, 0.1) is 0 Å². The molecule has 1 heteroatoms. The molecule has 0 aliphatic carbocycles. The molecule has 0 unspecified atom stereocenters. The highest BCUT2D eigenvalue weighted by Crippen LogP contribution is 2.47. The molecule has 1 heterocycles. The van der Waals surface area contributed by atoms with Gasteiger partial charge in [-0.3, -0.25) is 0 Å². The molecule has 1 nitrogen and oxygen atoms in total. The third-order valence-electron chi connectivity index (χ3n) is 10.1. The highest BCUT2D eigenvalue weighted by molar-refractivity contribution is 6.23. The summed E-state index contributed by atoms with van der Waals surface area (Å²) >= 11 is 0. The maximum atomic E-state index is 6.21. The Morgan fingerprint density at radius 2 is 0.735 bits per heavy atom. The second-order valence-corrected chi connectivity index (χ2v) is 12.8. The summed E-state index contributed by atoms with van der Waals surface area (Å²) in [5.41, 5.74) is 11.7. The summed E-state index contributed by atoms with van der Waals surface area (Å²) in [6, 6.07) is 65.8. The Hall–Kier alpha value is -6.44. The topological polar surface area (TPSA) is 13.1 Å². The van der Waals surface area contributed by atoms with Crippen LogP contribution in [-0.2, 0) is 0 Å². The average Bonchev–Trinajstić information content (AvgIpc) is 3.56. The van der Waals surface area contributed by atoms with Crippen LogP contribution in [0.4, 0.5) is 0 Å². The van der Waals surface area contributed by atoms with Gasteiger partial charge in [0, 0.05) is 10.8 Å². The molecule has 1 aromatic heterocycles. The summed E-state index contributed by atoms with van der Waals surface area (Å²) in [5, 5.41) is 9.83. The third-order valence-corrected chi connectivity index (χ3v) is 10.1. The van der Waals surface area contributed by atoms with Crippen molar-refractivity contribution in [1.29, 1.82) is 0 Å². The van der Waals surface area contributed by atoms with Gasteiger partial charge < -0.3 is 4.42 Å². The predicted octanol–water partition coefficient (Wildman–Crippen LogP) is 13.7. The fourth-order valence-corrected chi connectivity index (χ4v) is 7.96. The van der Waals surface area contributed by atoms with Gasteiger partial charge in [-0.15, -0.1) is 0 Å². The Balaban J connectivity index is 1.19. The Kier molecular flexibility index (Phi) is 6.25. The zero-order valence-electron chi connectivity index (χ0n) is 26.7. The standard InChI is InChI=1S/C48H30O/c1-2-15-34-31(13-1)14-11-24-36(34)37-16-3-4-17-38(37)47-41-20-7-5-18-39(41)46(40-19-6-8-21-42(40)47)33-29-27-32(28-30-33)35-23-12-26-45-48(35)43-22-9-10-25-44(43)49-45/h1-30H. The van der Waals surface area contributed by atoms with E-state index in [1.165, 1.54) is 76.8 Å². The maximum absolute atomic E-state index is 6.21. The van der Waals surface area contributed by atoms with Gasteiger partial charge in [-0.2, -0.15) is 0 Å². The van der Waals surface area contributed by atoms with E-state index >= 15 is 0 Å². The van der Waals surface area contributed by atoms with E-state index in [2.05, 4.69) is 170 Å². The number of para-hydroxylation sites is 1. The summed E-state index contributed by atoms with van der Waals surface area (Å²) in [7, 11) is 0. The zero-order valence-corrected chi connectivity index (χ0v) is 26.7. The maximum Gasteiger partial charge on any atom is 0.136 e. The van der Waals surface area contributed by atoms with Crippen molar-refractivity contribution in [3.05, 3.63) is 182 Å². The van der Waals surface area contributed by atoms with Crippen molar-refractivity contribution in [2.45, 2.75) is 0 Å². The quantitative estimate of drug-likeness (QED) is 0.178. The number of benzene rings is 9. The van der Waals surface area contributed by atoms with Gasteiger partial charge in [0.1, 0.15) is 11.2 Å². The fraction of sp³-hybridized carbons (Fsp3) is 0. The summed E-state index contributed by atoms with van der Waals surface area (Å²) in [5.74, 6) is 0. The van der Waals surface area contributed by atoms with Crippen LogP contribution in [0.5, 0.6) is 0 Å². The van der Waals surface area contributed by atoms with E-state index in [0.29, 0.717) is 0 Å². The van der Waals surface area contributed by atoms with Crippen LogP contribution in [-0.4, -0.2) is 0 Å². The van der Waals surface area contributed by atoms with Crippen molar-refractivity contribution in [2.24, 2.45) is 0 Å². The zero-order chi connectivity index (χ0) is 32.3. The highest BCUT2D eigenvalue weighted by atomic mass is 16.3. The monoisotopic (exact) mass is 622 g/mol. The molecule has 49 heavy (non-hydrogen) atoms. The molecule has 0 saturated carbocycles. The molecule has 228 valence electrons. The van der Waals surface area contributed by atoms with E-state index in [1.54, 1.807) is 0 Å². The van der Waals surface area contributed by atoms with Crippen molar-refractivity contribution in [1.82, 2.24) is 0 Å². The summed E-state index contributed by atoms with van der Waals surface area (Å²) < 4.78 is 6.21. The molecule has 0 aliphatic heterocycles. The van der Waals surface area contributed by atoms with Gasteiger partial charge in [-0.05, 0) is 89.0 Å². The number of hydrogen-bond acceptors (Lipinski definition) is 1. The molecule has 0 amide bonds. The first kappa shape index (κ1) is 27.7. The van der Waals surface area contributed by atoms with Gasteiger partial charge in [-0.1, -0.05) is 170 Å². The minimum Gasteiger partial charge on any atom is -0.456 e. The van der Waals surface area contributed by atoms with Gasteiger partial charge in [0.15, 0.2) is 0 Å². The number of fused-ring (bicyclic) bond motifs is 6. The molecule has 0 bridgehead atoms. The van der Waals surface area contributed by atoms with Crippen molar-refractivity contribution >= 4 is 54.3 Å². The number of rotatable bonds is 4. The third kappa shape index (κ3) is 4.33. The van der Waals surface area contributed by atoms with Crippen LogP contribution in [0.3, 0.4) is 0 Å². The van der Waals surface area contributed by atoms with Crippen molar-refractivity contribution in [3.63, 3.8) is 0 Å². The second kappa shape index (κ2) is 11.1. The summed E-state index contributed by atoms with van der Waals surface area (Å²) in [4.78, 5) is 0. The van der Waals surface area contributed by atoms with E-state index in [-0.39, 0.29) is 0 Å². The van der Waals surface area contributed by atoms with Crippen molar-refractivity contribution in [3.8, 4) is 44.5 Å². The molecule has 0 saturated heterocycles. The second-order valence-electron chi connectivity index (χ2n) is 12.8. The van der Waals surface area contributed by atoms with Gasteiger partial charge in [-0.25, -0.2) is 0 Å². The van der Waals surface area contributed by atoms with E-state index in [0.717, 1.165) is 21.9 Å². The minimum absolute atomic E-state index is 0.916. The average molecular weight is 623 g/mol. The Morgan fingerprint density at radius 1 is 0.265 bits per heavy atom. The van der Waals surface area contributed by atoms with Crippen LogP contribution in [0.2, 0.25) is 0 Å². The van der Waals surface area contributed by atoms with Crippen LogP contribution in [0.25, 0.3) is 98.8 Å². The number of hydrogen-bond donors (Lipinski definition) is 0. The van der Waals surface area contributed by atoms with E-state index in [4.69, 9.17) is 4.42 Å². The Bertz CT molecular complexity index is 2810. The first-order valence-electron chi connectivity index (χ1n) is 16.9. The molecule has 9 aromatic carbocycles. The van der Waals surface area contributed by atoms with Crippen molar-refractivity contribution in [2.75, 3.05) is 0 Å². The minimum atomic E-state index is 0.916. The van der Waals surface area contributed by atoms with Gasteiger partial charge in [0.05, 0.1) is 0 Å².